The molecular formula is C18H23N3O2. The number of hydrogen-bond acceptors (Lipinski definition) is 3. The summed E-state index contributed by atoms with van der Waals surface area (Å²) in [6, 6.07) is 9.97. The van der Waals surface area contributed by atoms with Gasteiger partial charge in [0.25, 0.3) is 0 Å². The lowest BCUT2D eigenvalue weighted by Crippen LogP contribution is -2.23. The van der Waals surface area contributed by atoms with Crippen molar-refractivity contribution in [3.63, 3.8) is 0 Å². The molecule has 1 N–H and O–H groups in total. The lowest BCUT2D eigenvalue weighted by molar-refractivity contribution is -0.116. The van der Waals surface area contributed by atoms with Gasteiger partial charge in [-0.2, -0.15) is 4.98 Å². The first-order valence-electron chi connectivity index (χ1n) is 7.80. The Morgan fingerprint density at radius 2 is 1.74 bits per heavy atom. The highest BCUT2D eigenvalue weighted by atomic mass is 16.2. The van der Waals surface area contributed by atoms with E-state index in [1.807, 2.05) is 6.92 Å². The fourth-order valence-corrected chi connectivity index (χ4v) is 2.33. The number of nitrogens with zero attached hydrogens (tertiary/aromatic N) is 2. The standard InChI is InChI=1S/C18H23N3O2/c1-12(2)14-5-7-15(8-6-14)13(3)11-17(22)19-16-9-10-21(4)18(23)20-16/h5-10,12-13H,11H2,1-4H3,(H,19,20,22,23). The zero-order valence-electron chi connectivity index (χ0n) is 14.0. The second-order valence-corrected chi connectivity index (χ2v) is 6.18. The first-order valence-corrected chi connectivity index (χ1v) is 7.80. The maximum absolute atomic E-state index is 12.1. The SMILES string of the molecule is CC(C)c1ccc(C(C)CC(=O)Nc2ccn(C)c(=O)n2)cc1. The van der Waals surface area contributed by atoms with Crippen molar-refractivity contribution >= 4 is 11.7 Å². The highest BCUT2D eigenvalue weighted by molar-refractivity contribution is 5.90. The molecule has 2 rings (SSSR count). The molecule has 0 radical (unpaired) electrons. The van der Waals surface area contributed by atoms with Crippen LogP contribution in [0.1, 0.15) is 50.2 Å². The number of hydrogen-bond donors (Lipinski definition) is 1. The van der Waals surface area contributed by atoms with E-state index in [0.29, 0.717) is 18.2 Å². The van der Waals surface area contributed by atoms with Gasteiger partial charge in [0.15, 0.2) is 0 Å². The van der Waals surface area contributed by atoms with Gasteiger partial charge in [0, 0.05) is 19.7 Å². The third kappa shape index (κ3) is 4.52. The molecule has 0 aliphatic rings. The minimum Gasteiger partial charge on any atom is -0.310 e. The molecule has 1 unspecified atom stereocenters. The summed E-state index contributed by atoms with van der Waals surface area (Å²) in [7, 11) is 1.61. The predicted octanol–water partition coefficient (Wildman–Crippen LogP) is 3.04. The minimum atomic E-state index is -0.389. The largest absolute Gasteiger partial charge is 0.349 e. The van der Waals surface area contributed by atoms with E-state index in [-0.39, 0.29) is 17.5 Å². The van der Waals surface area contributed by atoms with E-state index in [9.17, 15) is 9.59 Å². The van der Waals surface area contributed by atoms with Crippen LogP contribution in [0.25, 0.3) is 0 Å². The van der Waals surface area contributed by atoms with Gasteiger partial charge in [-0.05, 0) is 29.0 Å². The third-order valence-electron chi connectivity index (χ3n) is 3.91. The van der Waals surface area contributed by atoms with Crippen molar-refractivity contribution in [1.82, 2.24) is 9.55 Å². The Morgan fingerprint density at radius 3 is 2.30 bits per heavy atom. The molecule has 0 aliphatic heterocycles. The van der Waals surface area contributed by atoms with Gasteiger partial charge in [0.05, 0.1) is 0 Å². The molecular weight excluding hydrogens is 290 g/mol. The van der Waals surface area contributed by atoms with Crippen LogP contribution in [0, 0.1) is 0 Å². The molecule has 0 saturated carbocycles. The normalized spacial score (nSPS) is 12.2. The van der Waals surface area contributed by atoms with Crippen molar-refractivity contribution in [2.45, 2.75) is 39.0 Å². The average Bonchev–Trinajstić information content (AvgIpc) is 2.51. The fraction of sp³-hybridized carbons (Fsp3) is 0.389. The van der Waals surface area contributed by atoms with Gasteiger partial charge in [-0.25, -0.2) is 4.79 Å². The second-order valence-electron chi connectivity index (χ2n) is 6.18. The summed E-state index contributed by atoms with van der Waals surface area (Å²) in [5.74, 6) is 0.740. The summed E-state index contributed by atoms with van der Waals surface area (Å²) in [6.45, 7) is 6.33. The van der Waals surface area contributed by atoms with Crippen LogP contribution in [0.3, 0.4) is 0 Å². The average molecular weight is 313 g/mol. The second kappa shape index (κ2) is 7.22. The quantitative estimate of drug-likeness (QED) is 0.923. The molecule has 1 atom stereocenters. The lowest BCUT2D eigenvalue weighted by Gasteiger charge is -2.13. The number of carbonyl (C=O) groups excluding carboxylic acids is 1. The van der Waals surface area contributed by atoms with Crippen LogP contribution in [-0.2, 0) is 11.8 Å². The van der Waals surface area contributed by atoms with E-state index in [2.05, 4.69) is 48.4 Å². The topological polar surface area (TPSA) is 64.0 Å². The summed E-state index contributed by atoms with van der Waals surface area (Å²) in [4.78, 5) is 27.4. The van der Waals surface area contributed by atoms with E-state index in [4.69, 9.17) is 0 Å². The Bertz CT molecular complexity index is 733. The molecule has 23 heavy (non-hydrogen) atoms. The van der Waals surface area contributed by atoms with Crippen molar-refractivity contribution in [3.8, 4) is 0 Å². The number of carbonyl (C=O) groups is 1. The van der Waals surface area contributed by atoms with Crippen molar-refractivity contribution in [2.24, 2.45) is 7.05 Å². The summed E-state index contributed by atoms with van der Waals surface area (Å²) < 4.78 is 1.36. The van der Waals surface area contributed by atoms with Crippen molar-refractivity contribution in [1.29, 1.82) is 0 Å². The highest BCUT2D eigenvalue weighted by Gasteiger charge is 2.12. The summed E-state index contributed by atoms with van der Waals surface area (Å²) in [5.41, 5.74) is 2.02. The van der Waals surface area contributed by atoms with Gasteiger partial charge in [0.2, 0.25) is 5.91 Å². The van der Waals surface area contributed by atoms with E-state index >= 15 is 0 Å². The maximum Gasteiger partial charge on any atom is 0.349 e. The maximum atomic E-state index is 12.1. The molecule has 5 nitrogen and oxygen atoms in total. The van der Waals surface area contributed by atoms with Gasteiger partial charge in [-0.1, -0.05) is 45.0 Å². The van der Waals surface area contributed by atoms with E-state index in [0.717, 1.165) is 5.56 Å². The van der Waals surface area contributed by atoms with Gasteiger partial charge in [-0.15, -0.1) is 0 Å². The summed E-state index contributed by atoms with van der Waals surface area (Å²) in [5, 5.41) is 2.68. The number of nitrogens with one attached hydrogen (secondary N) is 1. The molecule has 0 bridgehead atoms. The monoisotopic (exact) mass is 313 g/mol. The molecule has 0 spiro atoms. The Balaban J connectivity index is 1.98. The number of anilines is 1. The Morgan fingerprint density at radius 1 is 1.13 bits per heavy atom. The third-order valence-corrected chi connectivity index (χ3v) is 3.91. The smallest absolute Gasteiger partial charge is 0.310 e. The number of aromatic nitrogens is 2. The lowest BCUT2D eigenvalue weighted by atomic mass is 9.94. The van der Waals surface area contributed by atoms with Crippen LogP contribution in [-0.4, -0.2) is 15.5 Å². The van der Waals surface area contributed by atoms with E-state index in [1.165, 1.54) is 10.1 Å². The molecule has 0 aliphatic carbocycles. The van der Waals surface area contributed by atoms with Gasteiger partial charge in [-0.3, -0.25) is 4.79 Å². The van der Waals surface area contributed by atoms with Gasteiger partial charge < -0.3 is 9.88 Å². The fourth-order valence-electron chi connectivity index (χ4n) is 2.33. The van der Waals surface area contributed by atoms with Crippen LogP contribution >= 0.6 is 0 Å². The predicted molar refractivity (Wildman–Crippen MR) is 91.7 cm³/mol. The van der Waals surface area contributed by atoms with Crippen molar-refractivity contribution < 1.29 is 4.79 Å². The van der Waals surface area contributed by atoms with E-state index in [1.54, 1.807) is 19.3 Å². The zero-order valence-corrected chi connectivity index (χ0v) is 14.0. The number of aryl methyl sites for hydroxylation is 1. The summed E-state index contributed by atoms with van der Waals surface area (Å²) >= 11 is 0. The van der Waals surface area contributed by atoms with Crippen LogP contribution < -0.4 is 11.0 Å². The molecule has 1 aromatic heterocycles. The molecule has 2 aromatic rings. The van der Waals surface area contributed by atoms with Gasteiger partial charge in [0.1, 0.15) is 5.82 Å². The number of benzene rings is 1. The highest BCUT2D eigenvalue weighted by Crippen LogP contribution is 2.22. The molecule has 0 fully saturated rings. The van der Waals surface area contributed by atoms with Crippen LogP contribution in [0.5, 0.6) is 0 Å². The Hall–Kier alpha value is -2.43. The van der Waals surface area contributed by atoms with Crippen LogP contribution in [0.4, 0.5) is 5.82 Å². The van der Waals surface area contributed by atoms with Crippen molar-refractivity contribution in [3.05, 3.63) is 58.1 Å². The molecule has 1 heterocycles. The molecule has 0 saturated heterocycles. The Labute approximate surface area is 136 Å². The van der Waals surface area contributed by atoms with Crippen LogP contribution in [0.2, 0.25) is 0 Å². The van der Waals surface area contributed by atoms with E-state index < -0.39 is 0 Å². The minimum absolute atomic E-state index is 0.0998. The van der Waals surface area contributed by atoms with Gasteiger partial charge >= 0.3 is 5.69 Å². The first-order chi connectivity index (χ1) is 10.9. The zero-order chi connectivity index (χ0) is 17.0. The first kappa shape index (κ1) is 16.9. The van der Waals surface area contributed by atoms with Crippen LogP contribution in [0.15, 0.2) is 41.3 Å². The molecule has 1 amide bonds. The molecule has 5 heteroatoms. The Kier molecular flexibility index (Phi) is 5.32. The molecule has 122 valence electrons. The van der Waals surface area contributed by atoms with Crippen molar-refractivity contribution in [2.75, 3.05) is 5.32 Å². The number of amides is 1. The summed E-state index contributed by atoms with van der Waals surface area (Å²) in [6.07, 6.45) is 1.93. The number of rotatable bonds is 5. The molecule has 1 aromatic carbocycles.